The van der Waals surface area contributed by atoms with E-state index < -0.39 is 0 Å². The maximum absolute atomic E-state index is 6.09. The molecule has 0 saturated carbocycles. The fourth-order valence-electron chi connectivity index (χ4n) is 3.07. The van der Waals surface area contributed by atoms with E-state index in [4.69, 9.17) is 9.47 Å². The second kappa shape index (κ2) is 6.34. The lowest BCUT2D eigenvalue weighted by atomic mass is 9.84. The predicted octanol–water partition coefficient (Wildman–Crippen LogP) is 4.35. The first-order valence-corrected chi connectivity index (χ1v) is 8.69. The van der Waals surface area contributed by atoms with Gasteiger partial charge in [-0.15, -0.1) is 0 Å². The molecule has 2 saturated heterocycles. The van der Waals surface area contributed by atoms with Crippen LogP contribution in [0, 0.1) is 0 Å². The smallest absolute Gasteiger partial charge is 0.0745 e. The Kier molecular flexibility index (Phi) is 4.70. The Bertz CT molecular complexity index is 469. The Morgan fingerprint density at radius 3 is 2.75 bits per heavy atom. The molecule has 0 amide bonds. The molecular formula is C15H19Br2NO2. The maximum atomic E-state index is 6.09. The van der Waals surface area contributed by atoms with Crippen molar-refractivity contribution in [2.24, 2.45) is 0 Å². The Balaban J connectivity index is 1.69. The molecule has 1 aromatic carbocycles. The minimum absolute atomic E-state index is 0.0344. The molecule has 1 unspecified atom stereocenters. The maximum Gasteiger partial charge on any atom is 0.0745 e. The zero-order valence-corrected chi connectivity index (χ0v) is 14.5. The molecule has 1 atom stereocenters. The monoisotopic (exact) mass is 403 g/mol. The van der Waals surface area contributed by atoms with E-state index in [1.54, 1.807) is 0 Å². The van der Waals surface area contributed by atoms with Crippen molar-refractivity contribution < 1.29 is 9.47 Å². The highest BCUT2D eigenvalue weighted by atomic mass is 79.9. The van der Waals surface area contributed by atoms with Crippen LogP contribution >= 0.6 is 31.9 Å². The van der Waals surface area contributed by atoms with Gasteiger partial charge < -0.3 is 14.8 Å². The average molecular weight is 405 g/mol. The summed E-state index contributed by atoms with van der Waals surface area (Å²) >= 11 is 7.14. The Labute approximate surface area is 136 Å². The van der Waals surface area contributed by atoms with E-state index in [0.29, 0.717) is 6.04 Å². The molecular weight excluding hydrogens is 386 g/mol. The van der Waals surface area contributed by atoms with Gasteiger partial charge in [0.05, 0.1) is 5.60 Å². The van der Waals surface area contributed by atoms with Crippen molar-refractivity contribution in [1.29, 1.82) is 0 Å². The van der Waals surface area contributed by atoms with Crippen molar-refractivity contribution in [2.45, 2.75) is 37.3 Å². The number of nitrogens with one attached hydrogen (secondary N) is 1. The van der Waals surface area contributed by atoms with E-state index in [0.717, 1.165) is 60.1 Å². The number of anilines is 1. The van der Waals surface area contributed by atoms with E-state index in [2.05, 4.69) is 49.3 Å². The number of benzene rings is 1. The largest absolute Gasteiger partial charge is 0.381 e. The lowest BCUT2D eigenvalue weighted by molar-refractivity contribution is -0.135. The SMILES string of the molecule is Brc1ccc(Br)c(NC2CCOC3(CCOCC3)C2)c1. The summed E-state index contributed by atoms with van der Waals surface area (Å²) in [6.07, 6.45) is 4.16. The van der Waals surface area contributed by atoms with Crippen LogP contribution in [0.2, 0.25) is 0 Å². The molecule has 20 heavy (non-hydrogen) atoms. The van der Waals surface area contributed by atoms with Gasteiger partial charge >= 0.3 is 0 Å². The second-order valence-corrected chi connectivity index (χ2v) is 7.37. The van der Waals surface area contributed by atoms with Gasteiger partial charge in [-0.3, -0.25) is 0 Å². The Morgan fingerprint density at radius 2 is 1.95 bits per heavy atom. The van der Waals surface area contributed by atoms with Gasteiger partial charge in [-0.25, -0.2) is 0 Å². The molecule has 1 aromatic rings. The topological polar surface area (TPSA) is 30.5 Å². The van der Waals surface area contributed by atoms with E-state index in [1.165, 1.54) is 0 Å². The molecule has 2 fully saturated rings. The summed E-state index contributed by atoms with van der Waals surface area (Å²) in [5, 5.41) is 3.66. The molecule has 0 bridgehead atoms. The van der Waals surface area contributed by atoms with Crippen LogP contribution in [0.5, 0.6) is 0 Å². The van der Waals surface area contributed by atoms with Gasteiger partial charge in [0.1, 0.15) is 0 Å². The van der Waals surface area contributed by atoms with Crippen molar-refractivity contribution in [3.8, 4) is 0 Å². The number of ether oxygens (including phenoxy) is 2. The van der Waals surface area contributed by atoms with Crippen molar-refractivity contribution in [3.63, 3.8) is 0 Å². The third-order valence-electron chi connectivity index (χ3n) is 4.19. The van der Waals surface area contributed by atoms with Crippen molar-refractivity contribution in [1.82, 2.24) is 0 Å². The lowest BCUT2D eigenvalue weighted by Crippen LogP contribution is -2.47. The van der Waals surface area contributed by atoms with Crippen LogP contribution in [0.25, 0.3) is 0 Å². The molecule has 2 aliphatic heterocycles. The van der Waals surface area contributed by atoms with Crippen LogP contribution in [-0.2, 0) is 9.47 Å². The molecule has 5 heteroatoms. The number of hydrogen-bond acceptors (Lipinski definition) is 3. The van der Waals surface area contributed by atoms with E-state index in [9.17, 15) is 0 Å². The summed E-state index contributed by atoms with van der Waals surface area (Å²) in [6, 6.07) is 6.69. The highest BCUT2D eigenvalue weighted by molar-refractivity contribution is 9.11. The number of halogens is 2. The fourth-order valence-corrected chi connectivity index (χ4v) is 3.79. The third kappa shape index (κ3) is 3.38. The molecule has 0 aliphatic carbocycles. The Morgan fingerprint density at radius 1 is 1.15 bits per heavy atom. The molecule has 2 aliphatic rings. The standard InChI is InChI=1S/C15H19Br2NO2/c16-11-1-2-13(17)14(9-11)18-12-3-6-20-15(10-12)4-7-19-8-5-15/h1-2,9,12,18H,3-8,10H2. The normalized spacial score (nSPS) is 25.6. The molecule has 3 nitrogen and oxygen atoms in total. The van der Waals surface area contributed by atoms with E-state index in [1.807, 2.05) is 6.07 Å². The minimum Gasteiger partial charge on any atom is -0.381 e. The molecule has 1 spiro atoms. The van der Waals surface area contributed by atoms with Crippen LogP contribution in [0.3, 0.4) is 0 Å². The van der Waals surface area contributed by atoms with Gasteiger partial charge in [-0.2, -0.15) is 0 Å². The summed E-state index contributed by atoms with van der Waals surface area (Å²) in [5.41, 5.74) is 1.18. The first kappa shape index (κ1) is 14.8. The molecule has 0 radical (unpaired) electrons. The number of rotatable bonds is 2. The first-order chi connectivity index (χ1) is 9.67. The Hall–Kier alpha value is -0.100. The van der Waals surface area contributed by atoms with Crippen molar-refractivity contribution >= 4 is 37.5 Å². The van der Waals surface area contributed by atoms with Crippen LogP contribution < -0.4 is 5.32 Å². The highest BCUT2D eigenvalue weighted by Crippen LogP contribution is 2.36. The zero-order valence-electron chi connectivity index (χ0n) is 11.3. The summed E-state index contributed by atoms with van der Waals surface area (Å²) in [4.78, 5) is 0. The molecule has 110 valence electrons. The second-order valence-electron chi connectivity index (χ2n) is 5.60. The van der Waals surface area contributed by atoms with Crippen LogP contribution in [0.15, 0.2) is 27.1 Å². The fraction of sp³-hybridized carbons (Fsp3) is 0.600. The van der Waals surface area contributed by atoms with Gasteiger partial charge in [-0.05, 0) is 59.8 Å². The van der Waals surface area contributed by atoms with Gasteiger partial charge in [0.2, 0.25) is 0 Å². The molecule has 3 rings (SSSR count). The van der Waals surface area contributed by atoms with Crippen molar-refractivity contribution in [3.05, 3.63) is 27.1 Å². The molecule has 1 N–H and O–H groups in total. The van der Waals surface area contributed by atoms with Crippen LogP contribution in [0.4, 0.5) is 5.69 Å². The van der Waals surface area contributed by atoms with Crippen molar-refractivity contribution in [2.75, 3.05) is 25.1 Å². The summed E-state index contributed by atoms with van der Waals surface area (Å²) in [6.45, 7) is 2.49. The van der Waals surface area contributed by atoms with E-state index >= 15 is 0 Å². The highest BCUT2D eigenvalue weighted by Gasteiger charge is 2.39. The van der Waals surface area contributed by atoms with E-state index in [-0.39, 0.29) is 5.60 Å². The predicted molar refractivity (Wildman–Crippen MR) is 87.2 cm³/mol. The molecule has 0 aromatic heterocycles. The van der Waals surface area contributed by atoms with Gasteiger partial charge in [0.15, 0.2) is 0 Å². The quantitative estimate of drug-likeness (QED) is 0.794. The molecule has 2 heterocycles. The summed E-state index contributed by atoms with van der Waals surface area (Å²) < 4.78 is 13.8. The summed E-state index contributed by atoms with van der Waals surface area (Å²) in [5.74, 6) is 0. The lowest BCUT2D eigenvalue weighted by Gasteiger charge is -2.43. The van der Waals surface area contributed by atoms with Gasteiger partial charge in [0.25, 0.3) is 0 Å². The number of hydrogen-bond donors (Lipinski definition) is 1. The van der Waals surface area contributed by atoms with Crippen LogP contribution in [-0.4, -0.2) is 31.5 Å². The minimum atomic E-state index is 0.0344. The summed E-state index contributed by atoms with van der Waals surface area (Å²) in [7, 11) is 0. The van der Waals surface area contributed by atoms with Gasteiger partial charge in [0, 0.05) is 40.5 Å². The first-order valence-electron chi connectivity index (χ1n) is 7.10. The zero-order chi connectivity index (χ0) is 14.0. The van der Waals surface area contributed by atoms with Crippen LogP contribution in [0.1, 0.15) is 25.7 Å². The van der Waals surface area contributed by atoms with Gasteiger partial charge in [-0.1, -0.05) is 15.9 Å². The average Bonchev–Trinajstić information content (AvgIpc) is 2.44. The third-order valence-corrected chi connectivity index (χ3v) is 5.37.